The van der Waals surface area contributed by atoms with E-state index in [1.165, 1.54) is 24.1 Å². The van der Waals surface area contributed by atoms with Crippen molar-refractivity contribution in [2.24, 2.45) is 0 Å². The summed E-state index contributed by atoms with van der Waals surface area (Å²) in [6, 6.07) is 6.79. The molecule has 3 heteroatoms. The Morgan fingerprint density at radius 3 is 3.12 bits per heavy atom. The second kappa shape index (κ2) is 3.98. The van der Waals surface area contributed by atoms with Crippen LogP contribution in [0.25, 0.3) is 0 Å². The molecule has 2 aliphatic rings. The third-order valence-corrected chi connectivity index (χ3v) is 3.68. The molecule has 0 amide bonds. The Bertz CT molecular complexity index is 386. The van der Waals surface area contributed by atoms with Gasteiger partial charge in [0.05, 0.1) is 12.6 Å². The van der Waals surface area contributed by atoms with Crippen molar-refractivity contribution in [1.29, 1.82) is 0 Å². The van der Waals surface area contributed by atoms with E-state index in [0.29, 0.717) is 6.04 Å². The lowest BCUT2D eigenvalue weighted by Crippen LogP contribution is -2.40. The molecule has 0 spiro atoms. The number of rotatable bonds is 1. The summed E-state index contributed by atoms with van der Waals surface area (Å²) >= 11 is 0. The van der Waals surface area contributed by atoms with Gasteiger partial charge in [-0.1, -0.05) is 6.07 Å². The third-order valence-electron chi connectivity index (χ3n) is 3.68. The zero-order valence-corrected chi connectivity index (χ0v) is 9.48. The topological polar surface area (TPSA) is 38.5 Å². The summed E-state index contributed by atoms with van der Waals surface area (Å²) < 4.78 is 5.57. The van der Waals surface area contributed by atoms with E-state index in [1.807, 2.05) is 6.07 Å². The fourth-order valence-electron chi connectivity index (χ4n) is 2.83. The van der Waals surface area contributed by atoms with Gasteiger partial charge in [0.25, 0.3) is 0 Å². The molecule has 0 saturated carbocycles. The predicted molar refractivity (Wildman–Crippen MR) is 65.7 cm³/mol. The van der Waals surface area contributed by atoms with Gasteiger partial charge in [0.2, 0.25) is 0 Å². The minimum atomic E-state index is 0.553. The van der Waals surface area contributed by atoms with E-state index >= 15 is 0 Å². The zero-order chi connectivity index (χ0) is 11.0. The van der Waals surface area contributed by atoms with Crippen molar-refractivity contribution in [1.82, 2.24) is 0 Å². The second-order valence-electron chi connectivity index (χ2n) is 4.66. The van der Waals surface area contributed by atoms with Crippen LogP contribution in [0, 0.1) is 0 Å². The average Bonchev–Trinajstić information content (AvgIpc) is 2.75. The van der Waals surface area contributed by atoms with E-state index in [1.54, 1.807) is 0 Å². The van der Waals surface area contributed by atoms with Crippen LogP contribution in [-0.4, -0.2) is 25.8 Å². The van der Waals surface area contributed by atoms with Crippen molar-refractivity contribution in [3.63, 3.8) is 0 Å². The highest BCUT2D eigenvalue weighted by molar-refractivity contribution is 5.68. The average molecular weight is 218 g/mol. The largest absolute Gasteiger partial charge is 0.398 e. The van der Waals surface area contributed by atoms with Crippen LogP contribution in [0.5, 0.6) is 0 Å². The monoisotopic (exact) mass is 218 g/mol. The minimum Gasteiger partial charge on any atom is -0.398 e. The van der Waals surface area contributed by atoms with E-state index in [-0.39, 0.29) is 0 Å². The first kappa shape index (κ1) is 9.97. The molecule has 16 heavy (non-hydrogen) atoms. The van der Waals surface area contributed by atoms with Gasteiger partial charge in [-0.2, -0.15) is 0 Å². The van der Waals surface area contributed by atoms with Crippen molar-refractivity contribution in [3.8, 4) is 0 Å². The molecule has 2 heterocycles. The summed E-state index contributed by atoms with van der Waals surface area (Å²) in [6.07, 6.45) is 3.51. The number of anilines is 2. The highest BCUT2D eigenvalue weighted by Crippen LogP contribution is 2.34. The maximum atomic E-state index is 6.01. The van der Waals surface area contributed by atoms with E-state index in [0.717, 1.165) is 31.9 Å². The standard InChI is InChI=1S/C13H18N2O/c14-12-4-1-5-13-11(12)6-7-15(13)10-3-2-8-16-9-10/h1,4-5,10H,2-3,6-9,14H2. The quantitative estimate of drug-likeness (QED) is 0.731. The smallest absolute Gasteiger partial charge is 0.0669 e. The number of fused-ring (bicyclic) bond motifs is 1. The molecule has 2 N–H and O–H groups in total. The summed E-state index contributed by atoms with van der Waals surface area (Å²) in [6.45, 7) is 2.89. The Balaban J connectivity index is 1.87. The van der Waals surface area contributed by atoms with Gasteiger partial charge >= 0.3 is 0 Å². The van der Waals surface area contributed by atoms with Gasteiger partial charge in [0.15, 0.2) is 0 Å². The number of hydrogen-bond donors (Lipinski definition) is 1. The Kier molecular flexibility index (Phi) is 2.48. The molecule has 1 fully saturated rings. The van der Waals surface area contributed by atoms with Crippen LogP contribution in [-0.2, 0) is 11.2 Å². The highest BCUT2D eigenvalue weighted by atomic mass is 16.5. The van der Waals surface area contributed by atoms with Crippen molar-refractivity contribution in [3.05, 3.63) is 23.8 Å². The SMILES string of the molecule is Nc1cccc2c1CCN2C1CCCOC1. The maximum absolute atomic E-state index is 6.01. The normalized spacial score (nSPS) is 24.5. The lowest BCUT2D eigenvalue weighted by Gasteiger charge is -2.33. The molecule has 0 aromatic heterocycles. The van der Waals surface area contributed by atoms with Crippen LogP contribution in [0.3, 0.4) is 0 Å². The molecule has 1 aromatic rings. The van der Waals surface area contributed by atoms with Crippen LogP contribution in [0.1, 0.15) is 18.4 Å². The maximum Gasteiger partial charge on any atom is 0.0669 e. The third kappa shape index (κ3) is 1.55. The van der Waals surface area contributed by atoms with Gasteiger partial charge in [-0.05, 0) is 31.4 Å². The summed E-state index contributed by atoms with van der Waals surface area (Å²) in [5.74, 6) is 0. The molecular formula is C13H18N2O. The van der Waals surface area contributed by atoms with Crippen molar-refractivity contribution < 1.29 is 4.74 Å². The van der Waals surface area contributed by atoms with E-state index in [4.69, 9.17) is 10.5 Å². The van der Waals surface area contributed by atoms with Crippen molar-refractivity contribution in [2.45, 2.75) is 25.3 Å². The van der Waals surface area contributed by atoms with Crippen LogP contribution in [0.15, 0.2) is 18.2 Å². The molecule has 2 aliphatic heterocycles. The first-order valence-electron chi connectivity index (χ1n) is 6.08. The Hall–Kier alpha value is -1.22. The molecule has 86 valence electrons. The number of nitrogens with two attached hydrogens (primary N) is 1. The van der Waals surface area contributed by atoms with Crippen LogP contribution >= 0.6 is 0 Å². The number of nitrogens with zero attached hydrogens (tertiary/aromatic N) is 1. The summed E-state index contributed by atoms with van der Waals surface area (Å²) in [7, 11) is 0. The molecule has 1 saturated heterocycles. The number of ether oxygens (including phenoxy) is 1. The fraction of sp³-hybridized carbons (Fsp3) is 0.538. The number of benzene rings is 1. The van der Waals surface area contributed by atoms with Crippen molar-refractivity contribution >= 4 is 11.4 Å². The van der Waals surface area contributed by atoms with Crippen LogP contribution in [0.2, 0.25) is 0 Å². The van der Waals surface area contributed by atoms with E-state index < -0.39 is 0 Å². The fourth-order valence-corrected chi connectivity index (χ4v) is 2.83. The molecular weight excluding hydrogens is 200 g/mol. The molecule has 3 nitrogen and oxygen atoms in total. The Morgan fingerprint density at radius 1 is 1.38 bits per heavy atom. The van der Waals surface area contributed by atoms with Crippen LogP contribution < -0.4 is 10.6 Å². The molecule has 1 atom stereocenters. The molecule has 0 radical (unpaired) electrons. The number of nitrogen functional groups attached to an aromatic ring is 1. The molecule has 0 bridgehead atoms. The van der Waals surface area contributed by atoms with Gasteiger partial charge in [0.1, 0.15) is 0 Å². The lowest BCUT2D eigenvalue weighted by atomic mass is 10.1. The minimum absolute atomic E-state index is 0.553. The first-order valence-corrected chi connectivity index (χ1v) is 6.08. The van der Waals surface area contributed by atoms with Crippen molar-refractivity contribution in [2.75, 3.05) is 30.4 Å². The summed E-state index contributed by atoms with van der Waals surface area (Å²) in [5, 5.41) is 0. The number of hydrogen-bond acceptors (Lipinski definition) is 3. The zero-order valence-electron chi connectivity index (χ0n) is 9.48. The summed E-state index contributed by atoms with van der Waals surface area (Å²) in [5.41, 5.74) is 9.60. The van der Waals surface area contributed by atoms with E-state index in [9.17, 15) is 0 Å². The van der Waals surface area contributed by atoms with Gasteiger partial charge in [0, 0.05) is 30.1 Å². The Labute approximate surface area is 96.2 Å². The molecule has 3 rings (SSSR count). The molecule has 0 aliphatic carbocycles. The summed E-state index contributed by atoms with van der Waals surface area (Å²) in [4.78, 5) is 2.48. The predicted octanol–water partition coefficient (Wildman–Crippen LogP) is 1.81. The lowest BCUT2D eigenvalue weighted by molar-refractivity contribution is 0.0798. The highest BCUT2D eigenvalue weighted by Gasteiger charge is 2.28. The van der Waals surface area contributed by atoms with Gasteiger partial charge in [-0.25, -0.2) is 0 Å². The van der Waals surface area contributed by atoms with E-state index in [2.05, 4.69) is 17.0 Å². The van der Waals surface area contributed by atoms with Gasteiger partial charge in [-0.15, -0.1) is 0 Å². The second-order valence-corrected chi connectivity index (χ2v) is 4.66. The van der Waals surface area contributed by atoms with Gasteiger partial charge < -0.3 is 15.4 Å². The Morgan fingerprint density at radius 2 is 2.31 bits per heavy atom. The van der Waals surface area contributed by atoms with Gasteiger partial charge in [-0.3, -0.25) is 0 Å². The van der Waals surface area contributed by atoms with Crippen LogP contribution in [0.4, 0.5) is 11.4 Å². The molecule has 1 aromatic carbocycles. The first-order chi connectivity index (χ1) is 7.86. The molecule has 1 unspecified atom stereocenters.